The molecule has 29 heavy (non-hydrogen) atoms. The minimum Gasteiger partial charge on any atom is -0.453 e. The SMILES string of the molecule is Cc1nn(-c2ccccc2)c2sc(C(=O)OCC(=O)c3cc(Cl)ccc3Cl)cc12. The van der Waals surface area contributed by atoms with E-state index in [4.69, 9.17) is 27.9 Å². The van der Waals surface area contributed by atoms with E-state index in [1.165, 1.54) is 23.5 Å². The molecule has 146 valence electrons. The third kappa shape index (κ3) is 3.92. The standard InChI is InChI=1S/C21H14Cl2N2O3S/c1-12-15-10-19(29-20(15)25(24-12)14-5-3-2-4-6-14)21(27)28-11-18(26)16-9-13(22)7-8-17(16)23/h2-10H,11H2,1H3. The predicted octanol–water partition coefficient (Wildman–Crippen LogP) is 5.74. The van der Waals surface area contributed by atoms with Crippen molar-refractivity contribution in [3.8, 4) is 5.69 Å². The molecule has 4 aromatic rings. The summed E-state index contributed by atoms with van der Waals surface area (Å²) in [5.74, 6) is -0.990. The zero-order chi connectivity index (χ0) is 20.5. The van der Waals surface area contributed by atoms with E-state index in [1.54, 1.807) is 16.8 Å². The molecule has 4 rings (SSSR count). The Kier molecular flexibility index (Phi) is 5.41. The maximum absolute atomic E-state index is 12.5. The number of Topliss-reactive ketones (excluding diaryl/α,β-unsaturated/α-hetero) is 1. The van der Waals surface area contributed by atoms with Gasteiger partial charge in [0.05, 0.1) is 16.4 Å². The molecule has 0 saturated heterocycles. The summed E-state index contributed by atoms with van der Waals surface area (Å²) < 4.78 is 7.01. The predicted molar refractivity (Wildman–Crippen MR) is 115 cm³/mol. The van der Waals surface area contributed by atoms with Crippen LogP contribution in [0.4, 0.5) is 0 Å². The number of esters is 1. The number of para-hydroxylation sites is 1. The van der Waals surface area contributed by atoms with Crippen molar-refractivity contribution in [3.05, 3.63) is 80.8 Å². The molecule has 2 heterocycles. The number of aryl methyl sites for hydroxylation is 1. The van der Waals surface area contributed by atoms with Gasteiger partial charge < -0.3 is 4.74 Å². The number of nitrogens with zero attached hydrogens (tertiary/aromatic N) is 2. The van der Waals surface area contributed by atoms with Gasteiger partial charge >= 0.3 is 5.97 Å². The van der Waals surface area contributed by atoms with Crippen molar-refractivity contribution in [3.63, 3.8) is 0 Å². The van der Waals surface area contributed by atoms with Crippen LogP contribution in [-0.4, -0.2) is 28.1 Å². The van der Waals surface area contributed by atoms with Gasteiger partial charge in [-0.25, -0.2) is 9.48 Å². The summed E-state index contributed by atoms with van der Waals surface area (Å²) in [6, 6.07) is 16.0. The van der Waals surface area contributed by atoms with E-state index in [-0.39, 0.29) is 10.6 Å². The van der Waals surface area contributed by atoms with Gasteiger partial charge in [0.15, 0.2) is 6.61 Å². The van der Waals surface area contributed by atoms with Crippen molar-refractivity contribution in [1.29, 1.82) is 0 Å². The van der Waals surface area contributed by atoms with Crippen LogP contribution in [0, 0.1) is 6.92 Å². The number of hydrogen-bond donors (Lipinski definition) is 0. The van der Waals surface area contributed by atoms with Crippen LogP contribution < -0.4 is 0 Å². The molecule has 0 atom stereocenters. The molecule has 5 nitrogen and oxygen atoms in total. The molecule has 0 saturated carbocycles. The number of thiophene rings is 1. The molecule has 0 radical (unpaired) electrons. The Morgan fingerprint density at radius 3 is 2.62 bits per heavy atom. The number of ether oxygens (including phenoxy) is 1. The van der Waals surface area contributed by atoms with Crippen LogP contribution in [0.5, 0.6) is 0 Å². The second-order valence-electron chi connectivity index (χ2n) is 6.29. The molecular weight excluding hydrogens is 431 g/mol. The topological polar surface area (TPSA) is 61.2 Å². The molecule has 0 aliphatic heterocycles. The Balaban J connectivity index is 1.55. The van der Waals surface area contributed by atoms with Crippen LogP contribution in [0.25, 0.3) is 15.9 Å². The molecule has 2 aromatic carbocycles. The van der Waals surface area contributed by atoms with Crippen molar-refractivity contribution in [2.24, 2.45) is 0 Å². The number of ketones is 1. The maximum atomic E-state index is 12.5. The van der Waals surface area contributed by atoms with Gasteiger partial charge in [-0.2, -0.15) is 5.10 Å². The zero-order valence-corrected chi connectivity index (χ0v) is 17.5. The Hall–Kier alpha value is -2.67. The fraction of sp³-hybridized carbons (Fsp3) is 0.0952. The average molecular weight is 445 g/mol. The van der Waals surface area contributed by atoms with Crippen LogP contribution in [0.2, 0.25) is 10.0 Å². The van der Waals surface area contributed by atoms with E-state index in [0.29, 0.717) is 9.90 Å². The van der Waals surface area contributed by atoms with Gasteiger partial charge in [-0.1, -0.05) is 41.4 Å². The zero-order valence-electron chi connectivity index (χ0n) is 15.2. The Labute approximate surface area is 180 Å². The number of benzene rings is 2. The van der Waals surface area contributed by atoms with Crippen molar-refractivity contribution >= 4 is 56.5 Å². The fourth-order valence-electron chi connectivity index (χ4n) is 2.88. The van der Waals surface area contributed by atoms with Gasteiger partial charge in [0.1, 0.15) is 9.71 Å². The summed E-state index contributed by atoms with van der Waals surface area (Å²) in [5, 5.41) is 6.06. The lowest BCUT2D eigenvalue weighted by atomic mass is 10.1. The molecule has 2 aromatic heterocycles. The Bertz CT molecular complexity index is 1230. The lowest BCUT2D eigenvalue weighted by molar-refractivity contribution is 0.0479. The molecule has 0 aliphatic rings. The summed E-state index contributed by atoms with van der Waals surface area (Å²) in [5.41, 5.74) is 1.93. The summed E-state index contributed by atoms with van der Waals surface area (Å²) in [6.45, 7) is 1.46. The molecule has 8 heteroatoms. The van der Waals surface area contributed by atoms with E-state index < -0.39 is 18.4 Å². The van der Waals surface area contributed by atoms with E-state index in [1.807, 2.05) is 37.3 Å². The van der Waals surface area contributed by atoms with E-state index >= 15 is 0 Å². The van der Waals surface area contributed by atoms with E-state index in [2.05, 4.69) is 5.10 Å². The second-order valence-corrected chi connectivity index (χ2v) is 8.16. The first-order valence-corrected chi connectivity index (χ1v) is 10.2. The maximum Gasteiger partial charge on any atom is 0.348 e. The molecule has 0 bridgehead atoms. The van der Waals surface area contributed by atoms with Crippen LogP contribution in [0.1, 0.15) is 25.7 Å². The summed E-state index contributed by atoms with van der Waals surface area (Å²) >= 11 is 13.2. The van der Waals surface area contributed by atoms with Crippen molar-refractivity contribution in [1.82, 2.24) is 9.78 Å². The van der Waals surface area contributed by atoms with Gasteiger partial charge in [-0.15, -0.1) is 11.3 Å². The molecule has 0 aliphatic carbocycles. The number of rotatable bonds is 5. The molecular formula is C21H14Cl2N2O3S. The van der Waals surface area contributed by atoms with E-state index in [9.17, 15) is 9.59 Å². The smallest absolute Gasteiger partial charge is 0.348 e. The molecule has 0 spiro atoms. The van der Waals surface area contributed by atoms with Gasteiger partial charge in [0.2, 0.25) is 5.78 Å². The lowest BCUT2D eigenvalue weighted by Crippen LogP contribution is -2.14. The monoisotopic (exact) mass is 444 g/mol. The first-order chi connectivity index (χ1) is 13.9. The number of carbonyl (C=O) groups is 2. The number of fused-ring (bicyclic) bond motifs is 1. The molecule has 0 amide bonds. The minimum absolute atomic E-state index is 0.221. The second kappa shape index (κ2) is 7.99. The highest BCUT2D eigenvalue weighted by Crippen LogP contribution is 2.31. The highest BCUT2D eigenvalue weighted by atomic mass is 35.5. The molecule has 0 N–H and O–H groups in total. The highest BCUT2D eigenvalue weighted by molar-refractivity contribution is 7.20. The fourth-order valence-corrected chi connectivity index (χ4v) is 4.35. The van der Waals surface area contributed by atoms with Crippen LogP contribution >= 0.6 is 34.5 Å². The van der Waals surface area contributed by atoms with E-state index in [0.717, 1.165) is 21.6 Å². The van der Waals surface area contributed by atoms with Gasteiger partial charge in [0, 0.05) is 16.0 Å². The summed E-state index contributed by atoms with van der Waals surface area (Å²) in [6.07, 6.45) is 0. The third-order valence-electron chi connectivity index (χ3n) is 4.31. The summed E-state index contributed by atoms with van der Waals surface area (Å²) in [4.78, 5) is 26.1. The minimum atomic E-state index is -0.572. The molecule has 0 unspecified atom stereocenters. The van der Waals surface area contributed by atoms with Crippen molar-refractivity contribution in [2.45, 2.75) is 6.92 Å². The van der Waals surface area contributed by atoms with Gasteiger partial charge in [-0.3, -0.25) is 4.79 Å². The van der Waals surface area contributed by atoms with Crippen LogP contribution in [0.3, 0.4) is 0 Å². The lowest BCUT2D eigenvalue weighted by Gasteiger charge is -2.05. The van der Waals surface area contributed by atoms with Gasteiger partial charge in [0.25, 0.3) is 0 Å². The summed E-state index contributed by atoms with van der Waals surface area (Å²) in [7, 11) is 0. The largest absolute Gasteiger partial charge is 0.453 e. The van der Waals surface area contributed by atoms with Crippen LogP contribution in [0.15, 0.2) is 54.6 Å². The number of carbonyl (C=O) groups excluding carboxylic acids is 2. The van der Waals surface area contributed by atoms with Crippen LogP contribution in [-0.2, 0) is 4.74 Å². The number of halogens is 2. The average Bonchev–Trinajstić information content (AvgIpc) is 3.29. The third-order valence-corrected chi connectivity index (χ3v) is 5.97. The first-order valence-electron chi connectivity index (χ1n) is 8.64. The van der Waals surface area contributed by atoms with Gasteiger partial charge in [-0.05, 0) is 43.3 Å². The van der Waals surface area contributed by atoms with Crippen molar-refractivity contribution < 1.29 is 14.3 Å². The Morgan fingerprint density at radius 1 is 1.10 bits per heavy atom. The number of hydrogen-bond acceptors (Lipinski definition) is 5. The number of aromatic nitrogens is 2. The highest BCUT2D eigenvalue weighted by Gasteiger charge is 2.20. The molecule has 0 fully saturated rings. The Morgan fingerprint density at radius 2 is 1.86 bits per heavy atom. The van der Waals surface area contributed by atoms with Crippen molar-refractivity contribution in [2.75, 3.05) is 6.61 Å². The quantitative estimate of drug-likeness (QED) is 0.290. The normalized spacial score (nSPS) is 11.0. The first kappa shape index (κ1) is 19.6.